The summed E-state index contributed by atoms with van der Waals surface area (Å²) in [6.07, 6.45) is 0. The van der Waals surface area contributed by atoms with E-state index in [1.165, 1.54) is 19.1 Å². The summed E-state index contributed by atoms with van der Waals surface area (Å²) in [6, 6.07) is 18.6. The summed E-state index contributed by atoms with van der Waals surface area (Å²) in [7, 11) is -1.25. The van der Waals surface area contributed by atoms with Gasteiger partial charge in [-0.25, -0.2) is 12.8 Å². The lowest BCUT2D eigenvalue weighted by atomic mass is 10.1. The summed E-state index contributed by atoms with van der Waals surface area (Å²) in [5, 5.41) is 2.53. The van der Waals surface area contributed by atoms with Crippen molar-refractivity contribution >= 4 is 27.5 Å². The Bertz CT molecular complexity index is 1300. The standard InChI is InChI=1S/C26H28FN3O5S/c1-19(26(32)28-2)29(17-20-8-7-11-23(16-20)35-3)25(31)18-30(22-9-5-4-6-10-22)36(33,34)24-14-12-21(27)13-15-24/h4-16,19H,17-18H2,1-3H3,(H,28,32). The Morgan fingerprint density at radius 2 is 1.67 bits per heavy atom. The summed E-state index contributed by atoms with van der Waals surface area (Å²) < 4.78 is 46.7. The molecule has 0 radical (unpaired) electrons. The van der Waals surface area contributed by atoms with E-state index in [4.69, 9.17) is 4.74 Å². The number of carbonyl (C=O) groups is 2. The predicted octanol–water partition coefficient (Wildman–Crippen LogP) is 3.19. The van der Waals surface area contributed by atoms with E-state index in [1.54, 1.807) is 61.5 Å². The van der Waals surface area contributed by atoms with E-state index in [1.807, 2.05) is 0 Å². The number of amides is 2. The van der Waals surface area contributed by atoms with Gasteiger partial charge >= 0.3 is 0 Å². The smallest absolute Gasteiger partial charge is 0.264 e. The van der Waals surface area contributed by atoms with E-state index in [2.05, 4.69) is 5.32 Å². The number of halogens is 1. The van der Waals surface area contributed by atoms with E-state index >= 15 is 0 Å². The molecule has 2 amide bonds. The minimum absolute atomic E-state index is 0.0455. The fourth-order valence-corrected chi connectivity index (χ4v) is 5.03. The molecule has 3 rings (SSSR count). The molecule has 0 aliphatic heterocycles. The molecule has 3 aromatic rings. The summed E-state index contributed by atoms with van der Waals surface area (Å²) in [6.45, 7) is 1.04. The number of methoxy groups -OCH3 is 1. The fourth-order valence-electron chi connectivity index (χ4n) is 3.62. The van der Waals surface area contributed by atoms with Crippen LogP contribution >= 0.6 is 0 Å². The SMILES string of the molecule is CNC(=O)C(C)N(Cc1cccc(OC)c1)C(=O)CN(c1ccccc1)S(=O)(=O)c1ccc(F)cc1. The van der Waals surface area contributed by atoms with Crippen LogP contribution < -0.4 is 14.4 Å². The highest BCUT2D eigenvalue weighted by atomic mass is 32.2. The molecule has 0 aliphatic carbocycles. The maximum absolute atomic E-state index is 13.6. The minimum Gasteiger partial charge on any atom is -0.497 e. The number of likely N-dealkylation sites (N-methyl/N-ethyl adjacent to an activating group) is 1. The van der Waals surface area contributed by atoms with Gasteiger partial charge in [0.15, 0.2) is 0 Å². The van der Waals surface area contributed by atoms with Gasteiger partial charge in [0, 0.05) is 13.6 Å². The number of anilines is 1. The van der Waals surface area contributed by atoms with Crippen LogP contribution in [-0.2, 0) is 26.2 Å². The zero-order valence-corrected chi connectivity index (χ0v) is 21.0. The van der Waals surface area contributed by atoms with Gasteiger partial charge in [0.1, 0.15) is 24.2 Å². The third kappa shape index (κ3) is 6.19. The van der Waals surface area contributed by atoms with Crippen LogP contribution in [0.3, 0.4) is 0 Å². The first-order valence-electron chi connectivity index (χ1n) is 11.1. The normalized spacial score (nSPS) is 11.9. The quantitative estimate of drug-likeness (QED) is 0.449. The molecule has 0 heterocycles. The van der Waals surface area contributed by atoms with Gasteiger partial charge < -0.3 is 15.0 Å². The zero-order valence-electron chi connectivity index (χ0n) is 20.2. The van der Waals surface area contributed by atoms with E-state index < -0.39 is 40.2 Å². The first-order chi connectivity index (χ1) is 17.2. The molecular weight excluding hydrogens is 485 g/mol. The van der Waals surface area contributed by atoms with Gasteiger partial charge in [0.05, 0.1) is 17.7 Å². The molecule has 36 heavy (non-hydrogen) atoms. The van der Waals surface area contributed by atoms with E-state index in [-0.39, 0.29) is 17.1 Å². The van der Waals surface area contributed by atoms with Crippen molar-refractivity contribution in [3.05, 3.63) is 90.2 Å². The van der Waals surface area contributed by atoms with Gasteiger partial charge in [-0.2, -0.15) is 0 Å². The lowest BCUT2D eigenvalue weighted by Gasteiger charge is -2.31. The average molecular weight is 514 g/mol. The summed E-state index contributed by atoms with van der Waals surface area (Å²) in [4.78, 5) is 27.3. The van der Waals surface area contributed by atoms with Gasteiger partial charge in [0.25, 0.3) is 10.0 Å². The van der Waals surface area contributed by atoms with Crippen molar-refractivity contribution in [2.45, 2.75) is 24.4 Å². The number of carbonyl (C=O) groups excluding carboxylic acids is 2. The second kappa shape index (κ2) is 11.7. The van der Waals surface area contributed by atoms with Crippen LogP contribution in [0.25, 0.3) is 0 Å². The first kappa shape index (κ1) is 26.7. The molecule has 0 bridgehead atoms. The maximum atomic E-state index is 13.6. The van der Waals surface area contributed by atoms with Crippen molar-refractivity contribution in [3.8, 4) is 5.75 Å². The lowest BCUT2D eigenvalue weighted by Crippen LogP contribution is -2.50. The molecule has 190 valence electrons. The number of rotatable bonds is 10. The number of benzene rings is 3. The van der Waals surface area contributed by atoms with Crippen LogP contribution in [0.15, 0.2) is 83.8 Å². The van der Waals surface area contributed by atoms with Crippen molar-refractivity contribution in [1.82, 2.24) is 10.2 Å². The Morgan fingerprint density at radius 3 is 2.28 bits per heavy atom. The molecule has 1 unspecified atom stereocenters. The molecule has 1 N–H and O–H groups in total. The van der Waals surface area contributed by atoms with Gasteiger partial charge in [-0.3, -0.25) is 13.9 Å². The summed E-state index contributed by atoms with van der Waals surface area (Å²) in [5.41, 5.74) is 0.954. The van der Waals surface area contributed by atoms with Crippen LogP contribution in [0.5, 0.6) is 5.75 Å². The highest BCUT2D eigenvalue weighted by molar-refractivity contribution is 7.92. The monoisotopic (exact) mass is 513 g/mol. The maximum Gasteiger partial charge on any atom is 0.264 e. The average Bonchev–Trinajstić information content (AvgIpc) is 2.90. The molecular formula is C26H28FN3O5S. The van der Waals surface area contributed by atoms with E-state index in [0.29, 0.717) is 11.3 Å². The fraction of sp³-hybridized carbons (Fsp3) is 0.231. The topological polar surface area (TPSA) is 96.0 Å². The lowest BCUT2D eigenvalue weighted by molar-refractivity contribution is -0.139. The van der Waals surface area contributed by atoms with Gasteiger partial charge in [-0.05, 0) is 61.0 Å². The van der Waals surface area contributed by atoms with Crippen molar-refractivity contribution in [1.29, 1.82) is 0 Å². The van der Waals surface area contributed by atoms with Gasteiger partial charge in [-0.1, -0.05) is 30.3 Å². The third-order valence-electron chi connectivity index (χ3n) is 5.63. The number of para-hydroxylation sites is 1. The molecule has 8 nitrogen and oxygen atoms in total. The second-order valence-corrected chi connectivity index (χ2v) is 9.83. The highest BCUT2D eigenvalue weighted by Gasteiger charge is 2.32. The zero-order chi connectivity index (χ0) is 26.3. The Morgan fingerprint density at radius 1 is 1.00 bits per heavy atom. The number of nitrogens with zero attached hydrogens (tertiary/aromatic N) is 2. The number of hydrogen-bond acceptors (Lipinski definition) is 5. The van der Waals surface area contributed by atoms with Crippen LogP contribution in [0.2, 0.25) is 0 Å². The molecule has 3 aromatic carbocycles. The number of sulfonamides is 1. The largest absolute Gasteiger partial charge is 0.497 e. The van der Waals surface area contributed by atoms with Crippen LogP contribution in [0.4, 0.5) is 10.1 Å². The minimum atomic E-state index is -4.24. The van der Waals surface area contributed by atoms with Crippen LogP contribution in [0.1, 0.15) is 12.5 Å². The van der Waals surface area contributed by atoms with Crippen LogP contribution in [0, 0.1) is 5.82 Å². The number of ether oxygens (including phenoxy) is 1. The Balaban J connectivity index is 2.00. The Labute approximate surface area is 210 Å². The van der Waals surface area contributed by atoms with Crippen molar-refractivity contribution < 1.29 is 27.1 Å². The highest BCUT2D eigenvalue weighted by Crippen LogP contribution is 2.25. The molecule has 10 heteroatoms. The van der Waals surface area contributed by atoms with Crippen molar-refractivity contribution in [2.75, 3.05) is 25.0 Å². The molecule has 0 saturated carbocycles. The molecule has 0 saturated heterocycles. The van der Waals surface area contributed by atoms with Gasteiger partial charge in [-0.15, -0.1) is 0 Å². The molecule has 0 aliphatic rings. The second-order valence-electron chi connectivity index (χ2n) is 7.96. The Kier molecular flexibility index (Phi) is 8.65. The number of hydrogen-bond donors (Lipinski definition) is 1. The van der Waals surface area contributed by atoms with E-state index in [0.717, 1.165) is 28.6 Å². The number of nitrogens with one attached hydrogen (secondary N) is 1. The van der Waals surface area contributed by atoms with Crippen molar-refractivity contribution in [3.63, 3.8) is 0 Å². The molecule has 0 aromatic heterocycles. The Hall–Kier alpha value is -3.92. The summed E-state index contributed by atoms with van der Waals surface area (Å²) >= 11 is 0. The predicted molar refractivity (Wildman–Crippen MR) is 134 cm³/mol. The van der Waals surface area contributed by atoms with Crippen molar-refractivity contribution in [2.24, 2.45) is 0 Å². The summed E-state index contributed by atoms with van der Waals surface area (Å²) in [5.74, 6) is -1.00. The third-order valence-corrected chi connectivity index (χ3v) is 7.41. The molecule has 0 spiro atoms. The molecule has 0 fully saturated rings. The van der Waals surface area contributed by atoms with E-state index in [9.17, 15) is 22.4 Å². The van der Waals surface area contributed by atoms with Crippen LogP contribution in [-0.4, -0.2) is 51.9 Å². The molecule has 1 atom stereocenters. The first-order valence-corrected chi connectivity index (χ1v) is 12.6. The van der Waals surface area contributed by atoms with Gasteiger partial charge in [0.2, 0.25) is 11.8 Å².